The quantitative estimate of drug-likeness (QED) is 0.412. The van der Waals surface area contributed by atoms with Crippen LogP contribution in [0.25, 0.3) is 11.3 Å². The van der Waals surface area contributed by atoms with E-state index in [2.05, 4.69) is 10.5 Å². The zero-order valence-corrected chi connectivity index (χ0v) is 19.1. The third kappa shape index (κ3) is 4.15. The molecule has 0 saturated carbocycles. The smallest absolute Gasteiger partial charge is 0.277 e. The molecular weight excluding hydrogens is 481 g/mol. The van der Waals surface area contributed by atoms with Crippen molar-refractivity contribution < 1.29 is 22.1 Å². The maximum Gasteiger partial charge on any atom is 0.277 e. The van der Waals surface area contributed by atoms with Crippen LogP contribution < -0.4 is 9.62 Å². The Morgan fingerprint density at radius 3 is 2.50 bits per heavy atom. The molecule has 0 spiro atoms. The number of halogens is 2. The summed E-state index contributed by atoms with van der Waals surface area (Å²) in [6, 6.07) is 18.2. The first kappa shape index (κ1) is 22.1. The van der Waals surface area contributed by atoms with Crippen molar-refractivity contribution in [3.63, 3.8) is 0 Å². The lowest BCUT2D eigenvalue weighted by Gasteiger charge is -2.20. The number of nitrogens with one attached hydrogen (secondary N) is 1. The second kappa shape index (κ2) is 8.58. The summed E-state index contributed by atoms with van der Waals surface area (Å²) in [6.07, 6.45) is 0.556. The van der Waals surface area contributed by atoms with Gasteiger partial charge in [0.25, 0.3) is 15.9 Å². The molecule has 0 fully saturated rings. The summed E-state index contributed by atoms with van der Waals surface area (Å²) in [5.41, 5.74) is 2.38. The number of hydrogen-bond acceptors (Lipinski definition) is 5. The number of hydrogen-bond donors (Lipinski definition) is 1. The van der Waals surface area contributed by atoms with E-state index in [1.807, 2.05) is 0 Å². The van der Waals surface area contributed by atoms with Crippen molar-refractivity contribution in [1.29, 1.82) is 0 Å². The zero-order chi connectivity index (χ0) is 23.9. The molecule has 34 heavy (non-hydrogen) atoms. The highest BCUT2D eigenvalue weighted by Crippen LogP contribution is 2.35. The van der Waals surface area contributed by atoms with Gasteiger partial charge in [0.05, 0.1) is 10.6 Å². The van der Waals surface area contributed by atoms with E-state index in [4.69, 9.17) is 16.1 Å². The van der Waals surface area contributed by atoms with Crippen LogP contribution >= 0.6 is 11.6 Å². The lowest BCUT2D eigenvalue weighted by molar-refractivity contribution is 0.101. The minimum atomic E-state index is -3.79. The lowest BCUT2D eigenvalue weighted by Crippen LogP contribution is -2.29. The molecule has 1 aliphatic heterocycles. The van der Waals surface area contributed by atoms with Gasteiger partial charge in [0.15, 0.2) is 11.5 Å². The lowest BCUT2D eigenvalue weighted by atomic mass is 10.1. The van der Waals surface area contributed by atoms with E-state index >= 15 is 0 Å². The van der Waals surface area contributed by atoms with Gasteiger partial charge < -0.3 is 9.84 Å². The Morgan fingerprint density at radius 1 is 1.03 bits per heavy atom. The van der Waals surface area contributed by atoms with Crippen LogP contribution in [-0.4, -0.2) is 26.0 Å². The fraction of sp³-hybridized carbons (Fsp3) is 0.0833. The molecule has 2 heterocycles. The molecule has 0 atom stereocenters. The van der Waals surface area contributed by atoms with Gasteiger partial charge in [-0.1, -0.05) is 22.8 Å². The van der Waals surface area contributed by atoms with E-state index in [9.17, 15) is 17.6 Å². The molecule has 0 unspecified atom stereocenters. The number of carbonyl (C=O) groups is 1. The van der Waals surface area contributed by atoms with Crippen molar-refractivity contribution in [1.82, 2.24) is 5.16 Å². The van der Waals surface area contributed by atoms with Gasteiger partial charge in [-0.15, -0.1) is 0 Å². The predicted molar refractivity (Wildman–Crippen MR) is 126 cm³/mol. The number of nitrogens with zero attached hydrogens (tertiary/aromatic N) is 2. The fourth-order valence-electron chi connectivity index (χ4n) is 3.74. The van der Waals surface area contributed by atoms with Crippen LogP contribution in [0.5, 0.6) is 0 Å². The Balaban J connectivity index is 1.37. The van der Waals surface area contributed by atoms with Gasteiger partial charge in [-0.2, -0.15) is 0 Å². The average molecular weight is 498 g/mol. The molecule has 0 saturated heterocycles. The van der Waals surface area contributed by atoms with Crippen LogP contribution in [0, 0.1) is 5.82 Å². The van der Waals surface area contributed by atoms with Crippen LogP contribution in [0.2, 0.25) is 5.02 Å². The molecule has 1 aliphatic rings. The summed E-state index contributed by atoms with van der Waals surface area (Å²) in [7, 11) is -3.79. The molecular formula is C24H17ClFN3O4S. The van der Waals surface area contributed by atoms with Gasteiger partial charge in [0.2, 0.25) is 0 Å². The van der Waals surface area contributed by atoms with E-state index in [0.717, 1.165) is 5.56 Å². The van der Waals surface area contributed by atoms with Crippen molar-refractivity contribution in [2.75, 3.05) is 16.2 Å². The van der Waals surface area contributed by atoms with E-state index in [0.29, 0.717) is 40.7 Å². The zero-order valence-electron chi connectivity index (χ0n) is 17.5. The molecule has 172 valence electrons. The number of sulfonamides is 1. The van der Waals surface area contributed by atoms with E-state index in [1.54, 1.807) is 18.2 Å². The molecule has 4 aromatic rings. The number of fused-ring (bicyclic) bond motifs is 1. The van der Waals surface area contributed by atoms with Gasteiger partial charge in [0.1, 0.15) is 5.82 Å². The molecule has 10 heteroatoms. The van der Waals surface area contributed by atoms with Gasteiger partial charge >= 0.3 is 0 Å². The normalized spacial score (nSPS) is 13.1. The summed E-state index contributed by atoms with van der Waals surface area (Å²) >= 11 is 5.89. The SMILES string of the molecule is O=C(Nc1ccc2c(c1)N(S(=O)(=O)c1ccc(Cl)cc1)CC2)c1cc(-c2ccc(F)cc2)on1. The minimum absolute atomic E-state index is 0.0328. The summed E-state index contributed by atoms with van der Waals surface area (Å²) in [5.74, 6) is -0.591. The first-order valence-electron chi connectivity index (χ1n) is 10.3. The first-order valence-corrected chi connectivity index (χ1v) is 12.1. The Hall–Kier alpha value is -3.69. The van der Waals surface area contributed by atoms with E-state index in [-0.39, 0.29) is 16.4 Å². The monoisotopic (exact) mass is 497 g/mol. The predicted octanol–water partition coefficient (Wildman–Crippen LogP) is 5.14. The molecule has 7 nitrogen and oxygen atoms in total. The maximum atomic E-state index is 13.2. The highest BCUT2D eigenvalue weighted by atomic mass is 35.5. The Bertz CT molecular complexity index is 1490. The second-order valence-electron chi connectivity index (χ2n) is 7.66. The third-order valence-electron chi connectivity index (χ3n) is 5.47. The number of rotatable bonds is 5. The van der Waals surface area contributed by atoms with E-state index in [1.165, 1.54) is 58.9 Å². The second-order valence-corrected chi connectivity index (χ2v) is 9.96. The third-order valence-corrected chi connectivity index (χ3v) is 7.55. The summed E-state index contributed by atoms with van der Waals surface area (Å²) < 4.78 is 46.0. The standard InChI is InChI=1S/C24H17ClFN3O4S/c25-17-4-9-20(10-5-17)34(31,32)29-12-11-15-3-8-19(13-22(15)29)27-24(30)21-14-23(33-28-21)16-1-6-18(26)7-2-16/h1-10,13-14H,11-12H2,(H,27,30). The Morgan fingerprint density at radius 2 is 1.76 bits per heavy atom. The number of anilines is 2. The number of benzene rings is 3. The maximum absolute atomic E-state index is 13.2. The number of carbonyl (C=O) groups excluding carboxylic acids is 1. The van der Waals surface area contributed by atoms with Crippen molar-refractivity contribution >= 4 is 38.9 Å². The van der Waals surface area contributed by atoms with E-state index < -0.39 is 15.9 Å². The van der Waals surface area contributed by atoms with Crippen molar-refractivity contribution in [2.24, 2.45) is 0 Å². The topological polar surface area (TPSA) is 92.5 Å². The highest BCUT2D eigenvalue weighted by Gasteiger charge is 2.31. The Labute approximate surface area is 199 Å². The van der Waals surface area contributed by atoms with Crippen LogP contribution in [0.15, 0.2) is 82.2 Å². The summed E-state index contributed by atoms with van der Waals surface area (Å²) in [6.45, 7) is 0.294. The van der Waals surface area contributed by atoms with Crippen LogP contribution in [0.4, 0.5) is 15.8 Å². The van der Waals surface area contributed by atoms with Gasteiger partial charge in [-0.05, 0) is 72.6 Å². The summed E-state index contributed by atoms with van der Waals surface area (Å²) in [5, 5.41) is 6.95. The number of aromatic nitrogens is 1. The largest absolute Gasteiger partial charge is 0.355 e. The van der Waals surface area contributed by atoms with Gasteiger partial charge in [-0.25, -0.2) is 12.8 Å². The molecule has 0 bridgehead atoms. The van der Waals surface area contributed by atoms with Crippen LogP contribution in [-0.2, 0) is 16.4 Å². The van der Waals surface area contributed by atoms with Crippen LogP contribution in [0.1, 0.15) is 16.1 Å². The molecule has 0 aliphatic carbocycles. The van der Waals surface area contributed by atoms with Crippen molar-refractivity contribution in [3.05, 3.63) is 94.9 Å². The molecule has 3 aromatic carbocycles. The number of amides is 1. The minimum Gasteiger partial charge on any atom is -0.355 e. The summed E-state index contributed by atoms with van der Waals surface area (Å²) in [4.78, 5) is 12.8. The molecule has 5 rings (SSSR count). The molecule has 1 N–H and O–H groups in total. The molecule has 0 radical (unpaired) electrons. The highest BCUT2D eigenvalue weighted by molar-refractivity contribution is 7.92. The Kier molecular flexibility index (Phi) is 5.59. The van der Waals surface area contributed by atoms with Crippen molar-refractivity contribution in [2.45, 2.75) is 11.3 Å². The van der Waals surface area contributed by atoms with Crippen molar-refractivity contribution in [3.8, 4) is 11.3 Å². The van der Waals surface area contributed by atoms with Gasteiger partial charge in [-0.3, -0.25) is 9.10 Å². The average Bonchev–Trinajstić information content (AvgIpc) is 3.48. The van der Waals surface area contributed by atoms with Gasteiger partial charge in [0, 0.05) is 28.9 Å². The fourth-order valence-corrected chi connectivity index (χ4v) is 5.36. The molecule has 1 aromatic heterocycles. The van der Waals surface area contributed by atoms with Crippen LogP contribution in [0.3, 0.4) is 0 Å². The molecule has 1 amide bonds. The first-order chi connectivity index (χ1) is 16.3.